The molecule has 2 heterocycles. The Labute approximate surface area is 92.7 Å². The molecule has 0 atom stereocenters. The van der Waals surface area contributed by atoms with Crippen molar-refractivity contribution in [1.29, 1.82) is 0 Å². The standard InChI is InChI=1S/C9H13N7/c1-6(2)13-8-14-7(10)16(15-8)9-11-4-3-5-12-9/h3-6H,1-2H3,(H3,10,13,14,15). The van der Waals surface area contributed by atoms with Crippen LogP contribution in [0.3, 0.4) is 0 Å². The summed E-state index contributed by atoms with van der Waals surface area (Å²) in [6, 6.07) is 1.97. The Morgan fingerprint density at radius 2 is 2.00 bits per heavy atom. The van der Waals surface area contributed by atoms with E-state index in [1.807, 2.05) is 13.8 Å². The third-order valence-corrected chi connectivity index (χ3v) is 1.79. The summed E-state index contributed by atoms with van der Waals surface area (Å²) < 4.78 is 1.39. The fraction of sp³-hybridized carbons (Fsp3) is 0.333. The second-order valence-corrected chi connectivity index (χ2v) is 3.55. The molecule has 16 heavy (non-hydrogen) atoms. The van der Waals surface area contributed by atoms with Crippen molar-refractivity contribution in [2.24, 2.45) is 0 Å². The molecule has 3 N–H and O–H groups in total. The van der Waals surface area contributed by atoms with Crippen LogP contribution in [0.4, 0.5) is 11.9 Å². The molecular formula is C9H13N7. The van der Waals surface area contributed by atoms with Crippen molar-refractivity contribution in [2.75, 3.05) is 11.1 Å². The Morgan fingerprint density at radius 3 is 2.62 bits per heavy atom. The lowest BCUT2D eigenvalue weighted by molar-refractivity contribution is 0.805. The molecule has 2 aromatic heterocycles. The van der Waals surface area contributed by atoms with Gasteiger partial charge in [-0.3, -0.25) is 0 Å². The van der Waals surface area contributed by atoms with Gasteiger partial charge in [0.05, 0.1) is 0 Å². The Morgan fingerprint density at radius 1 is 1.31 bits per heavy atom. The first kappa shape index (κ1) is 10.3. The Hall–Kier alpha value is -2.18. The molecule has 2 aromatic rings. The van der Waals surface area contributed by atoms with Gasteiger partial charge >= 0.3 is 0 Å². The molecule has 0 bridgehead atoms. The van der Waals surface area contributed by atoms with E-state index < -0.39 is 0 Å². The summed E-state index contributed by atoms with van der Waals surface area (Å²) in [5.74, 6) is 1.14. The minimum atomic E-state index is 0.243. The van der Waals surface area contributed by atoms with Gasteiger partial charge in [-0.15, -0.1) is 5.10 Å². The van der Waals surface area contributed by atoms with Crippen LogP contribution in [-0.4, -0.2) is 30.8 Å². The number of nitrogens with zero attached hydrogens (tertiary/aromatic N) is 5. The molecule has 2 rings (SSSR count). The van der Waals surface area contributed by atoms with Crippen LogP contribution in [0.5, 0.6) is 0 Å². The molecule has 0 radical (unpaired) electrons. The summed E-state index contributed by atoms with van der Waals surface area (Å²) >= 11 is 0. The van der Waals surface area contributed by atoms with E-state index in [4.69, 9.17) is 5.73 Å². The lowest BCUT2D eigenvalue weighted by atomic mass is 10.4. The summed E-state index contributed by atoms with van der Waals surface area (Å²) in [5, 5.41) is 7.22. The predicted molar refractivity (Wildman–Crippen MR) is 60.1 cm³/mol. The second-order valence-electron chi connectivity index (χ2n) is 3.55. The molecule has 0 aromatic carbocycles. The fourth-order valence-electron chi connectivity index (χ4n) is 1.19. The number of rotatable bonds is 3. The van der Waals surface area contributed by atoms with Gasteiger partial charge in [0.2, 0.25) is 11.9 Å². The maximum atomic E-state index is 5.72. The molecule has 0 fully saturated rings. The van der Waals surface area contributed by atoms with Crippen LogP contribution >= 0.6 is 0 Å². The maximum Gasteiger partial charge on any atom is 0.253 e. The average Bonchev–Trinajstić information content (AvgIpc) is 2.60. The molecule has 0 saturated carbocycles. The second kappa shape index (κ2) is 4.13. The lowest BCUT2D eigenvalue weighted by Crippen LogP contribution is -2.11. The summed E-state index contributed by atoms with van der Waals surface area (Å²) in [4.78, 5) is 12.2. The highest BCUT2D eigenvalue weighted by molar-refractivity contribution is 5.36. The van der Waals surface area contributed by atoms with E-state index in [2.05, 4.69) is 25.4 Å². The molecule has 84 valence electrons. The first-order valence-corrected chi connectivity index (χ1v) is 4.93. The summed E-state index contributed by atoms with van der Waals surface area (Å²) in [6.07, 6.45) is 3.25. The van der Waals surface area contributed by atoms with Crippen LogP contribution in [0.1, 0.15) is 13.8 Å². The smallest absolute Gasteiger partial charge is 0.253 e. The van der Waals surface area contributed by atoms with E-state index >= 15 is 0 Å². The van der Waals surface area contributed by atoms with Gasteiger partial charge in [0, 0.05) is 18.4 Å². The number of hydrogen-bond donors (Lipinski definition) is 2. The number of aromatic nitrogens is 5. The number of nitrogens with one attached hydrogen (secondary N) is 1. The maximum absolute atomic E-state index is 5.72. The molecule has 0 aliphatic rings. The molecule has 0 saturated heterocycles. The largest absolute Gasteiger partial charge is 0.368 e. The third-order valence-electron chi connectivity index (χ3n) is 1.79. The summed E-state index contributed by atoms with van der Waals surface area (Å²) in [7, 11) is 0. The Kier molecular flexibility index (Phi) is 2.67. The monoisotopic (exact) mass is 219 g/mol. The summed E-state index contributed by atoms with van der Waals surface area (Å²) in [5.41, 5.74) is 5.72. The molecular weight excluding hydrogens is 206 g/mol. The van der Waals surface area contributed by atoms with Gasteiger partial charge in [0.1, 0.15) is 0 Å². The van der Waals surface area contributed by atoms with Gasteiger partial charge in [-0.1, -0.05) is 0 Å². The molecule has 7 nitrogen and oxygen atoms in total. The van der Waals surface area contributed by atoms with Crippen molar-refractivity contribution in [2.45, 2.75) is 19.9 Å². The van der Waals surface area contributed by atoms with E-state index in [0.29, 0.717) is 11.9 Å². The van der Waals surface area contributed by atoms with E-state index in [1.165, 1.54) is 4.68 Å². The van der Waals surface area contributed by atoms with Gasteiger partial charge in [-0.25, -0.2) is 9.97 Å². The zero-order chi connectivity index (χ0) is 11.5. The van der Waals surface area contributed by atoms with E-state index in [-0.39, 0.29) is 12.0 Å². The normalized spacial score (nSPS) is 10.7. The first-order valence-electron chi connectivity index (χ1n) is 4.93. The van der Waals surface area contributed by atoms with Crippen molar-refractivity contribution in [3.8, 4) is 5.95 Å². The Balaban J connectivity index is 2.32. The van der Waals surface area contributed by atoms with Gasteiger partial charge in [-0.05, 0) is 19.9 Å². The van der Waals surface area contributed by atoms with Gasteiger partial charge in [0.15, 0.2) is 0 Å². The minimum Gasteiger partial charge on any atom is -0.368 e. The highest BCUT2D eigenvalue weighted by atomic mass is 15.5. The topological polar surface area (TPSA) is 94.5 Å². The lowest BCUT2D eigenvalue weighted by Gasteiger charge is -2.03. The number of nitrogen functional groups attached to an aromatic ring is 1. The summed E-state index contributed by atoms with van der Waals surface area (Å²) in [6.45, 7) is 3.99. The SMILES string of the molecule is CC(C)Nc1nc(N)n(-c2ncccn2)n1. The van der Waals surface area contributed by atoms with E-state index in [0.717, 1.165) is 0 Å². The van der Waals surface area contributed by atoms with Crippen LogP contribution in [-0.2, 0) is 0 Å². The fourth-order valence-corrected chi connectivity index (χ4v) is 1.19. The number of hydrogen-bond acceptors (Lipinski definition) is 6. The van der Waals surface area contributed by atoms with Crippen molar-refractivity contribution in [3.05, 3.63) is 18.5 Å². The zero-order valence-electron chi connectivity index (χ0n) is 9.12. The number of nitrogens with two attached hydrogens (primary N) is 1. The van der Waals surface area contributed by atoms with E-state index in [1.54, 1.807) is 18.5 Å². The third kappa shape index (κ3) is 2.08. The first-order chi connectivity index (χ1) is 7.66. The van der Waals surface area contributed by atoms with Crippen molar-refractivity contribution in [1.82, 2.24) is 24.7 Å². The quantitative estimate of drug-likeness (QED) is 0.778. The zero-order valence-corrected chi connectivity index (χ0v) is 9.12. The van der Waals surface area contributed by atoms with Crippen LogP contribution in [0, 0.1) is 0 Å². The Bertz CT molecular complexity index is 462. The molecule has 7 heteroatoms. The van der Waals surface area contributed by atoms with Gasteiger partial charge < -0.3 is 11.1 Å². The number of anilines is 2. The molecule has 0 aliphatic heterocycles. The molecule has 0 aliphatic carbocycles. The van der Waals surface area contributed by atoms with Crippen molar-refractivity contribution >= 4 is 11.9 Å². The highest BCUT2D eigenvalue weighted by Gasteiger charge is 2.10. The van der Waals surface area contributed by atoms with Crippen LogP contribution in [0.15, 0.2) is 18.5 Å². The van der Waals surface area contributed by atoms with Crippen molar-refractivity contribution in [3.63, 3.8) is 0 Å². The van der Waals surface area contributed by atoms with E-state index in [9.17, 15) is 0 Å². The molecule has 0 spiro atoms. The van der Waals surface area contributed by atoms with Crippen LogP contribution in [0.25, 0.3) is 5.95 Å². The minimum absolute atomic E-state index is 0.243. The van der Waals surface area contributed by atoms with Gasteiger partial charge in [0.25, 0.3) is 5.95 Å². The van der Waals surface area contributed by atoms with Crippen LogP contribution in [0.2, 0.25) is 0 Å². The molecule has 0 amide bonds. The van der Waals surface area contributed by atoms with Crippen LogP contribution < -0.4 is 11.1 Å². The van der Waals surface area contributed by atoms with Gasteiger partial charge in [-0.2, -0.15) is 9.67 Å². The highest BCUT2D eigenvalue weighted by Crippen LogP contribution is 2.09. The van der Waals surface area contributed by atoms with Crippen molar-refractivity contribution < 1.29 is 0 Å². The molecule has 0 unspecified atom stereocenters. The average molecular weight is 219 g/mol. The predicted octanol–water partition coefficient (Wildman–Crippen LogP) is 0.460.